The molecule has 1 amide bonds. The minimum atomic E-state index is -3.10. The average molecular weight is 353 g/mol. The third kappa shape index (κ3) is 3.43. The van der Waals surface area contributed by atoms with Crippen LogP contribution in [-0.4, -0.2) is 53.7 Å². The highest BCUT2D eigenvalue weighted by Gasteiger charge is 2.30. The predicted octanol–water partition coefficient (Wildman–Crippen LogP) is 1.68. The van der Waals surface area contributed by atoms with E-state index in [1.165, 1.54) is 15.6 Å². The first kappa shape index (κ1) is 16.9. The van der Waals surface area contributed by atoms with Crippen LogP contribution in [0, 0.1) is 18.8 Å². The predicted molar refractivity (Wildman–Crippen MR) is 88.2 cm³/mol. The summed E-state index contributed by atoms with van der Waals surface area (Å²) < 4.78 is 38.7. The highest BCUT2D eigenvalue weighted by molar-refractivity contribution is 7.90. The van der Waals surface area contributed by atoms with Crippen molar-refractivity contribution in [1.82, 2.24) is 14.3 Å². The number of fused-ring (bicyclic) bond motifs is 1. The largest absolute Gasteiger partial charge is 0.337 e. The van der Waals surface area contributed by atoms with Crippen LogP contribution in [0.4, 0.5) is 4.39 Å². The van der Waals surface area contributed by atoms with Crippen LogP contribution < -0.4 is 0 Å². The van der Waals surface area contributed by atoms with Gasteiger partial charge in [-0.3, -0.25) is 9.20 Å². The molecule has 3 heterocycles. The van der Waals surface area contributed by atoms with Crippen molar-refractivity contribution in [3.05, 3.63) is 35.5 Å². The maximum absolute atomic E-state index is 14.5. The van der Waals surface area contributed by atoms with Gasteiger partial charge in [-0.15, -0.1) is 0 Å². The first-order chi connectivity index (χ1) is 11.2. The smallest absolute Gasteiger partial charge is 0.277 e. The minimum absolute atomic E-state index is 0.0453. The Labute approximate surface area is 140 Å². The first-order valence-electron chi connectivity index (χ1n) is 7.86. The maximum atomic E-state index is 14.5. The van der Waals surface area contributed by atoms with E-state index < -0.39 is 21.7 Å². The van der Waals surface area contributed by atoms with E-state index in [-0.39, 0.29) is 17.4 Å². The molecule has 0 saturated carbocycles. The summed E-state index contributed by atoms with van der Waals surface area (Å²) >= 11 is 0. The van der Waals surface area contributed by atoms with Gasteiger partial charge in [-0.2, -0.15) is 4.39 Å². The van der Waals surface area contributed by atoms with Crippen LogP contribution in [0.2, 0.25) is 0 Å². The zero-order valence-corrected chi connectivity index (χ0v) is 14.5. The van der Waals surface area contributed by atoms with Crippen molar-refractivity contribution < 1.29 is 17.6 Å². The van der Waals surface area contributed by atoms with Gasteiger partial charge in [0.2, 0.25) is 5.95 Å². The second kappa shape index (κ2) is 6.16. The number of aromatic nitrogens is 2. The fourth-order valence-electron chi connectivity index (χ4n) is 3.22. The summed E-state index contributed by atoms with van der Waals surface area (Å²) in [4.78, 5) is 18.3. The number of halogens is 1. The summed E-state index contributed by atoms with van der Waals surface area (Å²) in [6.07, 6.45) is 4.20. The summed E-state index contributed by atoms with van der Waals surface area (Å²) in [6, 6.07) is 3.46. The number of piperidine rings is 1. The Bertz CT molecular complexity index is 891. The number of likely N-dealkylation sites (tertiary alicyclic amines) is 1. The van der Waals surface area contributed by atoms with Crippen molar-refractivity contribution >= 4 is 21.4 Å². The van der Waals surface area contributed by atoms with Crippen LogP contribution in [0.15, 0.2) is 18.3 Å². The van der Waals surface area contributed by atoms with Crippen molar-refractivity contribution in [2.75, 3.05) is 25.1 Å². The molecule has 8 heteroatoms. The summed E-state index contributed by atoms with van der Waals surface area (Å²) in [5.74, 6) is -1.23. The number of sulfone groups is 1. The zero-order chi connectivity index (χ0) is 17.5. The number of hydrogen-bond donors (Lipinski definition) is 0. The van der Waals surface area contributed by atoms with Crippen molar-refractivity contribution in [2.24, 2.45) is 5.92 Å². The lowest BCUT2D eigenvalue weighted by molar-refractivity contribution is 0.0673. The van der Waals surface area contributed by atoms with Crippen LogP contribution in [0.3, 0.4) is 0 Å². The second-order valence-corrected chi connectivity index (χ2v) is 8.72. The molecular weight excluding hydrogens is 333 g/mol. The Morgan fingerprint density at radius 1 is 1.46 bits per heavy atom. The monoisotopic (exact) mass is 353 g/mol. The van der Waals surface area contributed by atoms with E-state index in [0.29, 0.717) is 25.2 Å². The lowest BCUT2D eigenvalue weighted by Crippen LogP contribution is -2.42. The van der Waals surface area contributed by atoms with Gasteiger partial charge >= 0.3 is 0 Å². The van der Waals surface area contributed by atoms with E-state index in [9.17, 15) is 17.6 Å². The lowest BCUT2D eigenvalue weighted by Gasteiger charge is -2.31. The molecule has 0 aromatic carbocycles. The molecule has 0 unspecified atom stereocenters. The van der Waals surface area contributed by atoms with E-state index in [4.69, 9.17) is 0 Å². The van der Waals surface area contributed by atoms with Crippen LogP contribution in [0.5, 0.6) is 0 Å². The van der Waals surface area contributed by atoms with E-state index >= 15 is 0 Å². The number of imidazole rings is 1. The first-order valence-corrected chi connectivity index (χ1v) is 9.92. The summed E-state index contributed by atoms with van der Waals surface area (Å²) in [5, 5.41) is 0. The van der Waals surface area contributed by atoms with Gasteiger partial charge in [0.25, 0.3) is 5.91 Å². The van der Waals surface area contributed by atoms with E-state index in [1.54, 1.807) is 18.3 Å². The van der Waals surface area contributed by atoms with Gasteiger partial charge in [0, 0.05) is 25.5 Å². The molecule has 0 radical (unpaired) electrons. The number of rotatable bonds is 3. The zero-order valence-electron chi connectivity index (χ0n) is 13.7. The Hall–Kier alpha value is -1.96. The summed E-state index contributed by atoms with van der Waals surface area (Å²) in [7, 11) is -3.10. The van der Waals surface area contributed by atoms with E-state index in [2.05, 4.69) is 4.98 Å². The molecular formula is C16H20FN3O3S. The Kier molecular flexibility index (Phi) is 4.33. The number of aryl methyl sites for hydroxylation is 1. The molecule has 0 aliphatic carbocycles. The molecule has 1 aliphatic heterocycles. The molecule has 6 nitrogen and oxygen atoms in total. The van der Waals surface area contributed by atoms with Crippen LogP contribution in [0.25, 0.3) is 5.65 Å². The molecule has 0 N–H and O–H groups in total. The molecule has 1 saturated heterocycles. The van der Waals surface area contributed by atoms with Crippen LogP contribution >= 0.6 is 0 Å². The fourth-order valence-corrected chi connectivity index (χ4v) is 4.34. The van der Waals surface area contributed by atoms with Crippen molar-refractivity contribution in [1.29, 1.82) is 0 Å². The maximum Gasteiger partial charge on any atom is 0.277 e. The normalized spacial score (nSPS) is 19.0. The van der Waals surface area contributed by atoms with E-state index in [0.717, 1.165) is 12.0 Å². The molecule has 3 rings (SSSR count). The average Bonchev–Trinajstić information content (AvgIpc) is 2.81. The molecule has 2 aromatic heterocycles. The molecule has 1 atom stereocenters. The standard InChI is InChI=1S/C16H20FN3O3S/c1-11-5-7-20-13(8-11)18-14(15(20)17)16(21)19-6-3-4-12(9-19)10-24(2,22)23/h5,7-8,12H,3-4,6,9-10H2,1-2H3/t12-/m0/s1. The number of carbonyl (C=O) groups is 1. The third-order valence-corrected chi connectivity index (χ3v) is 5.35. The van der Waals surface area contributed by atoms with Crippen LogP contribution in [-0.2, 0) is 9.84 Å². The summed E-state index contributed by atoms with van der Waals surface area (Å²) in [6.45, 7) is 2.68. The molecule has 1 fully saturated rings. The SMILES string of the molecule is Cc1ccn2c(F)c(C(=O)N3CCC[C@H](CS(C)(=O)=O)C3)nc2c1. The number of carbonyl (C=O) groups excluding carboxylic acids is 1. The highest BCUT2D eigenvalue weighted by atomic mass is 32.2. The molecule has 1 aliphatic rings. The van der Waals surface area contributed by atoms with Gasteiger partial charge in [0.05, 0.1) is 5.75 Å². The number of hydrogen-bond acceptors (Lipinski definition) is 4. The van der Waals surface area contributed by atoms with Gasteiger partial charge in [-0.1, -0.05) is 0 Å². The Morgan fingerprint density at radius 3 is 2.92 bits per heavy atom. The Balaban J connectivity index is 1.85. The molecule has 0 bridgehead atoms. The van der Waals surface area contributed by atoms with Crippen LogP contribution in [0.1, 0.15) is 28.9 Å². The van der Waals surface area contributed by atoms with Gasteiger partial charge in [-0.05, 0) is 43.4 Å². The van der Waals surface area contributed by atoms with Crippen molar-refractivity contribution in [2.45, 2.75) is 19.8 Å². The molecule has 2 aromatic rings. The quantitative estimate of drug-likeness (QED) is 0.842. The number of nitrogens with zero attached hydrogens (tertiary/aromatic N) is 3. The minimum Gasteiger partial charge on any atom is -0.337 e. The molecule has 24 heavy (non-hydrogen) atoms. The number of amides is 1. The molecule has 130 valence electrons. The third-order valence-electron chi connectivity index (χ3n) is 4.27. The lowest BCUT2D eigenvalue weighted by atomic mass is 10.00. The number of pyridine rings is 1. The van der Waals surface area contributed by atoms with Gasteiger partial charge in [-0.25, -0.2) is 13.4 Å². The second-order valence-electron chi connectivity index (χ2n) is 6.54. The summed E-state index contributed by atoms with van der Waals surface area (Å²) in [5.41, 5.74) is 1.11. The van der Waals surface area contributed by atoms with Gasteiger partial charge < -0.3 is 4.90 Å². The van der Waals surface area contributed by atoms with Gasteiger partial charge in [0.15, 0.2) is 5.69 Å². The Morgan fingerprint density at radius 2 is 2.21 bits per heavy atom. The van der Waals surface area contributed by atoms with E-state index in [1.807, 2.05) is 6.92 Å². The highest BCUT2D eigenvalue weighted by Crippen LogP contribution is 2.21. The topological polar surface area (TPSA) is 71.8 Å². The van der Waals surface area contributed by atoms with Crippen molar-refractivity contribution in [3.63, 3.8) is 0 Å². The molecule has 0 spiro atoms. The van der Waals surface area contributed by atoms with Gasteiger partial charge in [0.1, 0.15) is 15.5 Å². The van der Waals surface area contributed by atoms with Crippen molar-refractivity contribution in [3.8, 4) is 0 Å². The fraction of sp³-hybridized carbons (Fsp3) is 0.500.